The van der Waals surface area contributed by atoms with Gasteiger partial charge in [-0.2, -0.15) is 0 Å². The summed E-state index contributed by atoms with van der Waals surface area (Å²) in [4.78, 5) is 0. The highest BCUT2D eigenvalue weighted by Gasteiger charge is 1.99. The Kier molecular flexibility index (Phi) is 7.49. The van der Waals surface area contributed by atoms with Crippen LogP contribution in [0.3, 0.4) is 0 Å². The van der Waals surface area contributed by atoms with Crippen LogP contribution < -0.4 is 0 Å². The first kappa shape index (κ1) is 13.0. The lowest BCUT2D eigenvalue weighted by Crippen LogP contribution is -1.92. The quantitative estimate of drug-likeness (QED) is 0.556. The standard InChI is InChI=1S/C16H24/c1-2-3-13-16-14-11-9-7-5-4-6-8-10-12-15-16/h2-5,10-12,14,16H,6-9,13,15H2,1H3/b3-2?,5-4-,12-10-,14-11-. The van der Waals surface area contributed by atoms with Gasteiger partial charge in [0.15, 0.2) is 0 Å². The maximum atomic E-state index is 2.39. The molecule has 1 aliphatic carbocycles. The Morgan fingerprint density at radius 1 is 0.938 bits per heavy atom. The van der Waals surface area contributed by atoms with Gasteiger partial charge in [0.1, 0.15) is 0 Å². The molecule has 0 heterocycles. The molecule has 0 aromatic rings. The van der Waals surface area contributed by atoms with E-state index in [4.69, 9.17) is 0 Å². The fraction of sp³-hybridized carbons (Fsp3) is 0.500. The molecule has 0 aromatic carbocycles. The second-order valence-corrected chi connectivity index (χ2v) is 4.33. The average molecular weight is 216 g/mol. The molecule has 0 bridgehead atoms. The van der Waals surface area contributed by atoms with E-state index in [9.17, 15) is 0 Å². The van der Waals surface area contributed by atoms with Crippen molar-refractivity contribution in [2.75, 3.05) is 0 Å². The molecular weight excluding hydrogens is 192 g/mol. The summed E-state index contributed by atoms with van der Waals surface area (Å²) in [6, 6.07) is 0. The molecule has 1 aliphatic rings. The summed E-state index contributed by atoms with van der Waals surface area (Å²) in [5.74, 6) is 0.691. The van der Waals surface area contributed by atoms with Crippen LogP contribution in [0.2, 0.25) is 0 Å². The van der Waals surface area contributed by atoms with Crippen LogP contribution in [0.1, 0.15) is 45.4 Å². The van der Waals surface area contributed by atoms with Crippen molar-refractivity contribution in [3.8, 4) is 0 Å². The molecule has 1 rings (SSSR count). The zero-order chi connectivity index (χ0) is 11.5. The van der Waals surface area contributed by atoms with Crippen molar-refractivity contribution >= 4 is 0 Å². The highest BCUT2D eigenvalue weighted by molar-refractivity contribution is 4.99. The van der Waals surface area contributed by atoms with E-state index in [1.165, 1.54) is 38.5 Å². The van der Waals surface area contributed by atoms with E-state index in [1.807, 2.05) is 0 Å². The molecule has 0 aromatic heterocycles. The van der Waals surface area contributed by atoms with Gasteiger partial charge in [0, 0.05) is 0 Å². The molecule has 0 nitrogen and oxygen atoms in total. The Hall–Kier alpha value is -1.04. The Bertz CT molecular complexity index is 266. The third-order valence-corrected chi connectivity index (χ3v) is 2.85. The van der Waals surface area contributed by atoms with Gasteiger partial charge < -0.3 is 0 Å². The Morgan fingerprint density at radius 3 is 2.25 bits per heavy atom. The summed E-state index contributed by atoms with van der Waals surface area (Å²) < 4.78 is 0. The van der Waals surface area contributed by atoms with E-state index in [1.54, 1.807) is 0 Å². The summed E-state index contributed by atoms with van der Waals surface area (Å²) in [6.07, 6.45) is 25.5. The van der Waals surface area contributed by atoms with Crippen molar-refractivity contribution in [2.24, 2.45) is 5.92 Å². The van der Waals surface area contributed by atoms with Gasteiger partial charge in [0.05, 0.1) is 0 Å². The topological polar surface area (TPSA) is 0 Å². The predicted molar refractivity (Wildman–Crippen MR) is 73.4 cm³/mol. The zero-order valence-electron chi connectivity index (χ0n) is 10.4. The Morgan fingerprint density at radius 2 is 1.56 bits per heavy atom. The van der Waals surface area contributed by atoms with Gasteiger partial charge in [-0.3, -0.25) is 0 Å². The third kappa shape index (κ3) is 6.44. The summed E-state index contributed by atoms with van der Waals surface area (Å²) in [7, 11) is 0. The van der Waals surface area contributed by atoms with Crippen LogP contribution >= 0.6 is 0 Å². The molecule has 0 spiro atoms. The van der Waals surface area contributed by atoms with E-state index in [-0.39, 0.29) is 0 Å². The maximum Gasteiger partial charge on any atom is -0.0164 e. The van der Waals surface area contributed by atoms with Crippen molar-refractivity contribution in [3.63, 3.8) is 0 Å². The van der Waals surface area contributed by atoms with Gasteiger partial charge in [-0.05, 0) is 51.4 Å². The second kappa shape index (κ2) is 9.21. The number of hydrogen-bond donors (Lipinski definition) is 0. The maximum absolute atomic E-state index is 2.39. The molecule has 0 fully saturated rings. The number of allylic oxidation sites excluding steroid dienone is 8. The van der Waals surface area contributed by atoms with Gasteiger partial charge in [0.25, 0.3) is 0 Å². The first-order chi connectivity index (χ1) is 7.93. The van der Waals surface area contributed by atoms with Crippen LogP contribution in [-0.4, -0.2) is 0 Å². The van der Waals surface area contributed by atoms with Crippen LogP contribution in [0, 0.1) is 5.92 Å². The van der Waals surface area contributed by atoms with E-state index in [0.717, 1.165) is 0 Å². The molecule has 1 atom stereocenters. The molecule has 1 unspecified atom stereocenters. The van der Waals surface area contributed by atoms with E-state index in [0.29, 0.717) is 5.92 Å². The Labute approximate surface area is 100 Å². The molecule has 0 aliphatic heterocycles. The van der Waals surface area contributed by atoms with Gasteiger partial charge >= 0.3 is 0 Å². The zero-order valence-corrected chi connectivity index (χ0v) is 10.4. The largest absolute Gasteiger partial charge is 0.0916 e. The fourth-order valence-electron chi connectivity index (χ4n) is 1.86. The minimum absolute atomic E-state index is 0.691. The monoisotopic (exact) mass is 216 g/mol. The van der Waals surface area contributed by atoms with Gasteiger partial charge in [-0.1, -0.05) is 48.6 Å². The summed E-state index contributed by atoms with van der Waals surface area (Å²) in [5, 5.41) is 0. The highest BCUT2D eigenvalue weighted by Crippen LogP contribution is 2.14. The van der Waals surface area contributed by atoms with Crippen molar-refractivity contribution in [2.45, 2.75) is 45.4 Å². The summed E-state index contributed by atoms with van der Waals surface area (Å²) in [6.45, 7) is 2.10. The smallest absolute Gasteiger partial charge is 0.0164 e. The minimum Gasteiger partial charge on any atom is -0.0916 e. The van der Waals surface area contributed by atoms with Gasteiger partial charge in [-0.25, -0.2) is 0 Å². The molecule has 0 saturated carbocycles. The van der Waals surface area contributed by atoms with Crippen LogP contribution in [-0.2, 0) is 0 Å². The van der Waals surface area contributed by atoms with Crippen LogP contribution in [0.15, 0.2) is 48.6 Å². The van der Waals surface area contributed by atoms with Crippen molar-refractivity contribution in [1.29, 1.82) is 0 Å². The predicted octanol–water partition coefficient (Wildman–Crippen LogP) is 5.20. The third-order valence-electron chi connectivity index (χ3n) is 2.85. The normalized spacial score (nSPS) is 29.2. The van der Waals surface area contributed by atoms with Crippen LogP contribution in [0.5, 0.6) is 0 Å². The minimum atomic E-state index is 0.691. The lowest BCUT2D eigenvalue weighted by atomic mass is 9.99. The van der Waals surface area contributed by atoms with E-state index in [2.05, 4.69) is 55.5 Å². The number of rotatable bonds is 2. The van der Waals surface area contributed by atoms with Gasteiger partial charge in [0.2, 0.25) is 0 Å². The van der Waals surface area contributed by atoms with E-state index < -0.39 is 0 Å². The van der Waals surface area contributed by atoms with Gasteiger partial charge in [-0.15, -0.1) is 0 Å². The average Bonchev–Trinajstić information content (AvgIpc) is 2.28. The summed E-state index contributed by atoms with van der Waals surface area (Å²) in [5.41, 5.74) is 0. The molecule has 0 heteroatoms. The molecule has 0 saturated heterocycles. The number of hydrogen-bond acceptors (Lipinski definition) is 0. The van der Waals surface area contributed by atoms with E-state index >= 15 is 0 Å². The second-order valence-electron chi connectivity index (χ2n) is 4.33. The fourth-order valence-corrected chi connectivity index (χ4v) is 1.86. The molecule has 0 amide bonds. The summed E-state index contributed by atoms with van der Waals surface area (Å²) >= 11 is 0. The first-order valence-electron chi connectivity index (χ1n) is 6.51. The molecular formula is C16H24. The van der Waals surface area contributed by atoms with Crippen LogP contribution in [0.4, 0.5) is 0 Å². The lowest BCUT2D eigenvalue weighted by Gasteiger charge is -2.07. The van der Waals surface area contributed by atoms with Crippen molar-refractivity contribution in [1.82, 2.24) is 0 Å². The molecule has 0 radical (unpaired) electrons. The first-order valence-corrected chi connectivity index (χ1v) is 6.51. The SMILES string of the molecule is CC=CCC1/C=C\CC/C=C\CC/C=C\C1. The Balaban J connectivity index is 2.49. The molecule has 88 valence electrons. The lowest BCUT2D eigenvalue weighted by molar-refractivity contribution is 0.669. The molecule has 16 heavy (non-hydrogen) atoms. The highest BCUT2D eigenvalue weighted by atomic mass is 14.0. The van der Waals surface area contributed by atoms with Crippen LogP contribution in [0.25, 0.3) is 0 Å². The van der Waals surface area contributed by atoms with Crippen molar-refractivity contribution < 1.29 is 0 Å². The molecule has 0 N–H and O–H groups in total. The van der Waals surface area contributed by atoms with Crippen molar-refractivity contribution in [3.05, 3.63) is 48.6 Å².